The highest BCUT2D eigenvalue weighted by atomic mass is 16.6. The largest absolute Gasteiger partial charge is 0.489 e. The molecule has 110 valence electrons. The highest BCUT2D eigenvalue weighted by molar-refractivity contribution is 5.39. The molecule has 5 heteroatoms. The van der Waals surface area contributed by atoms with Crippen LogP contribution in [0.15, 0.2) is 48.5 Å². The topological polar surface area (TPSA) is 72.6 Å². The minimum absolute atomic E-state index is 0.0585. The van der Waals surface area contributed by atoms with Crippen LogP contribution < -0.4 is 4.74 Å². The summed E-state index contributed by atoms with van der Waals surface area (Å²) >= 11 is 0. The number of aliphatic hydroxyl groups excluding tert-OH is 1. The molecular weight excluding hydrogens is 270 g/mol. The van der Waals surface area contributed by atoms with Crippen molar-refractivity contribution < 1.29 is 14.8 Å². The molecule has 2 aromatic carbocycles. The van der Waals surface area contributed by atoms with Gasteiger partial charge in [-0.25, -0.2) is 0 Å². The van der Waals surface area contributed by atoms with Crippen LogP contribution in [-0.2, 0) is 13.0 Å². The molecule has 0 spiro atoms. The smallest absolute Gasteiger partial charge is 0.276 e. The summed E-state index contributed by atoms with van der Waals surface area (Å²) in [7, 11) is 0. The third kappa shape index (κ3) is 4.29. The van der Waals surface area contributed by atoms with Crippen LogP contribution >= 0.6 is 0 Å². The Morgan fingerprint density at radius 3 is 2.48 bits per heavy atom. The Labute approximate surface area is 123 Å². The summed E-state index contributed by atoms with van der Waals surface area (Å²) in [6.07, 6.45) is 0.202. The monoisotopic (exact) mass is 287 g/mol. The Morgan fingerprint density at radius 1 is 1.19 bits per heavy atom. The van der Waals surface area contributed by atoms with Gasteiger partial charge < -0.3 is 9.84 Å². The van der Waals surface area contributed by atoms with Gasteiger partial charge in [-0.05, 0) is 37.1 Å². The van der Waals surface area contributed by atoms with Gasteiger partial charge in [0.05, 0.1) is 16.6 Å². The van der Waals surface area contributed by atoms with Crippen molar-refractivity contribution in [2.24, 2.45) is 0 Å². The molecule has 2 rings (SSSR count). The fourth-order valence-corrected chi connectivity index (χ4v) is 2.03. The van der Waals surface area contributed by atoms with Gasteiger partial charge in [-0.2, -0.15) is 0 Å². The first-order valence-corrected chi connectivity index (χ1v) is 6.68. The van der Waals surface area contributed by atoms with Gasteiger partial charge in [0.15, 0.2) is 0 Å². The predicted octanol–water partition coefficient (Wildman–Crippen LogP) is 3.10. The second-order valence-corrected chi connectivity index (χ2v) is 4.87. The number of hydrogen-bond donors (Lipinski definition) is 1. The van der Waals surface area contributed by atoms with Crippen molar-refractivity contribution in [2.75, 3.05) is 0 Å². The van der Waals surface area contributed by atoms with Crippen LogP contribution in [0.25, 0.3) is 0 Å². The number of para-hydroxylation sites is 1. The number of hydrogen-bond acceptors (Lipinski definition) is 4. The molecule has 0 amide bonds. The first-order valence-electron chi connectivity index (χ1n) is 6.68. The van der Waals surface area contributed by atoms with Crippen LogP contribution in [0.3, 0.4) is 0 Å². The molecule has 0 radical (unpaired) electrons. The third-order valence-electron chi connectivity index (χ3n) is 3.04. The second kappa shape index (κ2) is 6.85. The fraction of sp³-hybridized carbons (Fsp3) is 0.250. The van der Waals surface area contributed by atoms with E-state index in [1.807, 2.05) is 12.1 Å². The average molecular weight is 287 g/mol. The van der Waals surface area contributed by atoms with Gasteiger partial charge in [-0.3, -0.25) is 10.1 Å². The van der Waals surface area contributed by atoms with E-state index in [-0.39, 0.29) is 18.4 Å². The molecule has 0 saturated heterocycles. The van der Waals surface area contributed by atoms with E-state index in [2.05, 4.69) is 0 Å². The average Bonchev–Trinajstić information content (AvgIpc) is 2.46. The molecule has 1 atom stereocenters. The van der Waals surface area contributed by atoms with Crippen molar-refractivity contribution in [3.63, 3.8) is 0 Å². The maximum absolute atomic E-state index is 10.9. The van der Waals surface area contributed by atoms with Gasteiger partial charge in [0.1, 0.15) is 12.4 Å². The molecule has 0 fully saturated rings. The molecule has 0 aliphatic heterocycles. The van der Waals surface area contributed by atoms with Gasteiger partial charge in [0, 0.05) is 6.07 Å². The van der Waals surface area contributed by atoms with Crippen molar-refractivity contribution in [3.05, 3.63) is 69.8 Å². The predicted molar refractivity (Wildman–Crippen MR) is 79.3 cm³/mol. The van der Waals surface area contributed by atoms with E-state index < -0.39 is 4.92 Å². The fourth-order valence-electron chi connectivity index (χ4n) is 2.03. The maximum atomic E-state index is 10.9. The first kappa shape index (κ1) is 15.0. The lowest BCUT2D eigenvalue weighted by atomic mass is 10.1. The first-order chi connectivity index (χ1) is 10.1. The van der Waals surface area contributed by atoms with E-state index in [0.717, 1.165) is 5.56 Å². The number of nitro groups is 1. The quantitative estimate of drug-likeness (QED) is 0.654. The van der Waals surface area contributed by atoms with Crippen molar-refractivity contribution in [2.45, 2.75) is 26.1 Å². The van der Waals surface area contributed by atoms with E-state index in [9.17, 15) is 15.2 Å². The Bertz CT molecular complexity index is 608. The highest BCUT2D eigenvalue weighted by Crippen LogP contribution is 2.21. The van der Waals surface area contributed by atoms with E-state index in [0.29, 0.717) is 17.7 Å². The zero-order valence-corrected chi connectivity index (χ0v) is 11.7. The Hall–Kier alpha value is -2.40. The van der Waals surface area contributed by atoms with Gasteiger partial charge >= 0.3 is 0 Å². The number of ether oxygens (including phenoxy) is 1. The van der Waals surface area contributed by atoms with E-state index in [1.165, 1.54) is 6.07 Å². The number of benzene rings is 2. The molecule has 1 unspecified atom stereocenters. The zero-order valence-electron chi connectivity index (χ0n) is 11.7. The minimum Gasteiger partial charge on any atom is -0.489 e. The lowest BCUT2D eigenvalue weighted by Gasteiger charge is -2.08. The normalized spacial score (nSPS) is 11.9. The van der Waals surface area contributed by atoms with Crippen LogP contribution in [0.1, 0.15) is 18.1 Å². The molecule has 2 aromatic rings. The molecule has 0 saturated carbocycles. The Kier molecular flexibility index (Phi) is 4.90. The molecular formula is C16H17NO4. The summed E-state index contributed by atoms with van der Waals surface area (Å²) in [5.74, 6) is 0.641. The Balaban J connectivity index is 2.02. The summed E-state index contributed by atoms with van der Waals surface area (Å²) in [5, 5.41) is 20.2. The molecule has 1 N–H and O–H groups in total. The van der Waals surface area contributed by atoms with Crippen molar-refractivity contribution in [1.82, 2.24) is 0 Å². The van der Waals surface area contributed by atoms with Crippen molar-refractivity contribution in [1.29, 1.82) is 0 Å². The molecule has 0 aromatic heterocycles. The maximum Gasteiger partial charge on any atom is 0.276 e. The Morgan fingerprint density at radius 2 is 1.86 bits per heavy atom. The van der Waals surface area contributed by atoms with Gasteiger partial charge in [-0.15, -0.1) is 0 Å². The number of nitro benzene ring substituents is 1. The van der Waals surface area contributed by atoms with Crippen LogP contribution in [0.4, 0.5) is 5.69 Å². The SMILES string of the molecule is CC(O)Cc1ccc(OCc2ccccc2[N+](=O)[O-])cc1. The third-order valence-corrected chi connectivity index (χ3v) is 3.04. The number of nitrogens with zero attached hydrogens (tertiary/aromatic N) is 1. The summed E-state index contributed by atoms with van der Waals surface area (Å²) in [6, 6.07) is 13.9. The van der Waals surface area contributed by atoms with Crippen LogP contribution in [0, 0.1) is 10.1 Å². The van der Waals surface area contributed by atoms with Crippen LogP contribution in [0.2, 0.25) is 0 Å². The molecule has 0 aliphatic carbocycles. The van der Waals surface area contributed by atoms with E-state index in [4.69, 9.17) is 4.74 Å². The number of aliphatic hydroxyl groups is 1. The lowest BCUT2D eigenvalue weighted by molar-refractivity contribution is -0.385. The summed E-state index contributed by atoms with van der Waals surface area (Å²) in [6.45, 7) is 1.88. The molecule has 5 nitrogen and oxygen atoms in total. The minimum atomic E-state index is -0.412. The second-order valence-electron chi connectivity index (χ2n) is 4.87. The zero-order chi connectivity index (χ0) is 15.2. The van der Waals surface area contributed by atoms with Crippen molar-refractivity contribution in [3.8, 4) is 5.75 Å². The highest BCUT2D eigenvalue weighted by Gasteiger charge is 2.12. The van der Waals surface area contributed by atoms with Crippen LogP contribution in [0.5, 0.6) is 5.75 Å². The van der Waals surface area contributed by atoms with Gasteiger partial charge in [0.25, 0.3) is 5.69 Å². The molecule has 21 heavy (non-hydrogen) atoms. The lowest BCUT2D eigenvalue weighted by Crippen LogP contribution is -2.04. The summed E-state index contributed by atoms with van der Waals surface area (Å²) in [5.41, 5.74) is 1.61. The number of rotatable bonds is 6. The van der Waals surface area contributed by atoms with Gasteiger partial charge in [-0.1, -0.05) is 24.3 Å². The van der Waals surface area contributed by atoms with Crippen molar-refractivity contribution >= 4 is 5.69 Å². The summed E-state index contributed by atoms with van der Waals surface area (Å²) < 4.78 is 5.58. The van der Waals surface area contributed by atoms with E-state index in [1.54, 1.807) is 37.3 Å². The van der Waals surface area contributed by atoms with E-state index >= 15 is 0 Å². The molecule has 0 heterocycles. The standard InChI is InChI=1S/C16H17NO4/c1-12(18)10-13-6-8-15(9-7-13)21-11-14-4-2-3-5-16(14)17(19)20/h2-9,12,18H,10-11H2,1H3. The molecule has 0 bridgehead atoms. The molecule has 0 aliphatic rings. The van der Waals surface area contributed by atoms with Gasteiger partial charge in [0.2, 0.25) is 0 Å². The van der Waals surface area contributed by atoms with Crippen LogP contribution in [-0.4, -0.2) is 16.1 Å². The summed E-state index contributed by atoms with van der Waals surface area (Å²) in [4.78, 5) is 10.5.